The van der Waals surface area contributed by atoms with E-state index in [1.54, 1.807) is 30.3 Å². The summed E-state index contributed by atoms with van der Waals surface area (Å²) in [6.07, 6.45) is 5.23. The number of ether oxygens (including phenoxy) is 2. The van der Waals surface area contributed by atoms with Gasteiger partial charge in [0, 0.05) is 6.54 Å². The minimum absolute atomic E-state index is 0.0963. The van der Waals surface area contributed by atoms with Crippen LogP contribution in [0.2, 0.25) is 0 Å². The summed E-state index contributed by atoms with van der Waals surface area (Å²) in [5.74, 6) is 0.0773. The van der Waals surface area contributed by atoms with Gasteiger partial charge in [0.2, 0.25) is 0 Å². The first-order chi connectivity index (χ1) is 16.0. The number of aliphatic hydroxyl groups excluding tert-OH is 1. The molecule has 1 aliphatic carbocycles. The minimum atomic E-state index is -0.515. The number of hydrogen-bond donors (Lipinski definition) is 4. The molecule has 0 spiro atoms. The lowest BCUT2D eigenvalue weighted by atomic mass is 9.99. The van der Waals surface area contributed by atoms with E-state index in [1.165, 1.54) is 25.3 Å². The normalized spacial score (nSPS) is 14.0. The minimum Gasteiger partial charge on any atom is -0.494 e. The van der Waals surface area contributed by atoms with Gasteiger partial charge < -0.3 is 19.9 Å². The zero-order valence-corrected chi connectivity index (χ0v) is 18.4. The number of methoxy groups -OCH3 is 1. The van der Waals surface area contributed by atoms with Gasteiger partial charge >= 0.3 is 0 Å². The zero-order chi connectivity index (χ0) is 23.8. The number of carbonyl (C=O) groups excluding carboxylic acids is 1. The highest BCUT2D eigenvalue weighted by molar-refractivity contribution is 6.10. The molecule has 0 heterocycles. The third kappa shape index (κ3) is 6.20. The molecule has 3 rings (SSSR count). The van der Waals surface area contributed by atoms with Crippen LogP contribution >= 0.6 is 0 Å². The van der Waals surface area contributed by atoms with Crippen molar-refractivity contribution in [3.63, 3.8) is 0 Å². The summed E-state index contributed by atoms with van der Waals surface area (Å²) in [4.78, 5) is 13.1. The smallest absolute Gasteiger partial charge is 0.260 e. The van der Waals surface area contributed by atoms with Crippen molar-refractivity contribution in [1.82, 2.24) is 5.32 Å². The van der Waals surface area contributed by atoms with Gasteiger partial charge in [0.1, 0.15) is 5.75 Å². The molecule has 0 bridgehead atoms. The van der Waals surface area contributed by atoms with Gasteiger partial charge in [-0.2, -0.15) is 0 Å². The topological polar surface area (TPSA) is 102 Å². The first-order valence-electron chi connectivity index (χ1n) is 10.6. The molecule has 1 saturated carbocycles. The van der Waals surface area contributed by atoms with Crippen molar-refractivity contribution in [3.8, 4) is 11.5 Å². The molecule has 2 aromatic rings. The molecule has 0 aliphatic heterocycles. The maximum Gasteiger partial charge on any atom is 0.260 e. The molecule has 1 fully saturated rings. The maximum absolute atomic E-state index is 14.0. The van der Waals surface area contributed by atoms with Crippen molar-refractivity contribution in [2.75, 3.05) is 20.3 Å². The average Bonchev–Trinajstić information content (AvgIpc) is 3.66. The molecule has 4 N–H and O–H groups in total. The van der Waals surface area contributed by atoms with Gasteiger partial charge in [-0.25, -0.2) is 4.39 Å². The highest BCUT2D eigenvalue weighted by atomic mass is 19.1. The van der Waals surface area contributed by atoms with Crippen molar-refractivity contribution < 1.29 is 34.1 Å². The van der Waals surface area contributed by atoms with E-state index in [2.05, 4.69) is 17.1 Å². The van der Waals surface area contributed by atoms with Crippen LogP contribution in [-0.4, -0.2) is 42.3 Å². The average molecular weight is 456 g/mol. The van der Waals surface area contributed by atoms with Crippen LogP contribution in [0.4, 0.5) is 4.39 Å². The molecular weight excluding hydrogens is 427 g/mol. The highest BCUT2D eigenvalue weighted by Gasteiger charge is 2.25. The molecule has 0 atom stereocenters. The van der Waals surface area contributed by atoms with Crippen molar-refractivity contribution >= 4 is 11.6 Å². The van der Waals surface area contributed by atoms with Crippen LogP contribution in [-0.2, 0) is 6.54 Å². The van der Waals surface area contributed by atoms with E-state index in [0.717, 1.165) is 12.8 Å². The van der Waals surface area contributed by atoms with Crippen LogP contribution in [0.15, 0.2) is 60.7 Å². The van der Waals surface area contributed by atoms with Crippen LogP contribution in [0, 0.1) is 11.7 Å². The van der Waals surface area contributed by atoms with Gasteiger partial charge in [0.25, 0.3) is 11.6 Å². The van der Waals surface area contributed by atoms with Crippen LogP contribution in [0.1, 0.15) is 34.3 Å². The van der Waals surface area contributed by atoms with E-state index in [9.17, 15) is 19.5 Å². The summed E-state index contributed by atoms with van der Waals surface area (Å²) < 4.78 is 24.8. The molecule has 0 radical (unpaired) electrons. The Kier molecular flexibility index (Phi) is 8.21. The Morgan fingerprint density at radius 1 is 1.27 bits per heavy atom. The summed E-state index contributed by atoms with van der Waals surface area (Å²) >= 11 is 0. The summed E-state index contributed by atoms with van der Waals surface area (Å²) in [6, 6.07) is 9.37. The fourth-order valence-corrected chi connectivity index (χ4v) is 3.26. The predicted octanol–water partition coefficient (Wildman–Crippen LogP) is 1.92. The van der Waals surface area contributed by atoms with E-state index in [-0.39, 0.29) is 30.2 Å². The molecule has 7 nitrogen and oxygen atoms in total. The standard InChI is InChI=1S/C25H27FN2O5/c1-3-4-19(14-29)24(28-31)18-8-10-22(33-15-16-5-6-16)20(12-18)25(30)27-13-17-7-9-23(32-2)21(26)11-17/h3-4,7-12,16,29,31H,1,5-6,13-15H2,2H3,(H,27,30)/p+1/b19-4-,28-24+. The van der Waals surface area contributed by atoms with Crippen molar-refractivity contribution in [2.24, 2.45) is 5.92 Å². The lowest BCUT2D eigenvalue weighted by Crippen LogP contribution is -2.69. The van der Waals surface area contributed by atoms with E-state index >= 15 is 0 Å². The van der Waals surface area contributed by atoms with E-state index in [1.807, 2.05) is 0 Å². The number of nitrogens with one attached hydrogen (secondary N) is 2. The summed E-state index contributed by atoms with van der Waals surface area (Å²) in [5.41, 5.74) is 1.92. The number of amides is 1. The van der Waals surface area contributed by atoms with E-state index in [4.69, 9.17) is 9.47 Å². The van der Waals surface area contributed by atoms with Gasteiger partial charge in [0.15, 0.2) is 11.6 Å². The molecule has 8 heteroatoms. The molecule has 0 saturated heterocycles. The van der Waals surface area contributed by atoms with Gasteiger partial charge in [-0.3, -0.25) is 10.0 Å². The van der Waals surface area contributed by atoms with E-state index in [0.29, 0.717) is 35.0 Å². The summed E-state index contributed by atoms with van der Waals surface area (Å²) in [7, 11) is 1.38. The molecule has 0 unspecified atom stereocenters. The number of carbonyl (C=O) groups is 1. The van der Waals surface area contributed by atoms with Gasteiger partial charge in [-0.05, 0) is 59.8 Å². The van der Waals surface area contributed by atoms with Gasteiger partial charge in [-0.1, -0.05) is 24.8 Å². The number of aliphatic hydroxyl groups is 1. The predicted molar refractivity (Wildman–Crippen MR) is 121 cm³/mol. The van der Waals surface area contributed by atoms with Crippen LogP contribution < -0.4 is 19.9 Å². The monoisotopic (exact) mass is 455 g/mol. The molecule has 1 amide bonds. The van der Waals surface area contributed by atoms with Crippen molar-refractivity contribution in [2.45, 2.75) is 19.4 Å². The molecule has 174 valence electrons. The Morgan fingerprint density at radius 2 is 2.03 bits per heavy atom. The Hall–Kier alpha value is -3.65. The number of halogens is 1. The lowest BCUT2D eigenvalue weighted by Gasteiger charge is -2.13. The van der Waals surface area contributed by atoms with Crippen molar-refractivity contribution in [1.29, 1.82) is 0 Å². The second kappa shape index (κ2) is 11.3. The number of allylic oxidation sites excluding steroid dienone is 2. The van der Waals surface area contributed by atoms with Crippen LogP contribution in [0.5, 0.6) is 11.5 Å². The number of hydrogen-bond acceptors (Lipinski definition) is 5. The number of benzene rings is 2. The molecule has 0 aromatic heterocycles. The third-order valence-corrected chi connectivity index (χ3v) is 5.28. The van der Waals surface area contributed by atoms with Crippen molar-refractivity contribution in [3.05, 3.63) is 83.2 Å². The molecule has 2 aromatic carbocycles. The van der Waals surface area contributed by atoms with Crippen LogP contribution in [0.3, 0.4) is 0 Å². The maximum atomic E-state index is 14.0. The quantitative estimate of drug-likeness (QED) is 0.180. The zero-order valence-electron chi connectivity index (χ0n) is 18.4. The third-order valence-electron chi connectivity index (χ3n) is 5.28. The Bertz CT molecular complexity index is 1080. The van der Waals surface area contributed by atoms with Gasteiger partial charge in [0.05, 0.1) is 37.0 Å². The Balaban J connectivity index is 1.86. The molecular formula is C25H28FN2O5+. The second-order valence-corrected chi connectivity index (χ2v) is 7.69. The molecule has 33 heavy (non-hydrogen) atoms. The summed E-state index contributed by atoms with van der Waals surface area (Å²) in [5, 5.41) is 24.2. The number of rotatable bonds is 11. The first kappa shape index (κ1) is 24.0. The Labute approximate surface area is 191 Å². The van der Waals surface area contributed by atoms with Crippen LogP contribution in [0.25, 0.3) is 0 Å². The second-order valence-electron chi connectivity index (χ2n) is 7.69. The SMILES string of the molecule is C=C/C=C(CO)\C(=[NH+]\O)c1ccc(OCC2CC2)c(C(=O)NCc2ccc(OC)c(F)c2)c1. The fraction of sp³-hybridized carbons (Fsp3) is 0.280. The lowest BCUT2D eigenvalue weighted by molar-refractivity contribution is -0.736. The van der Waals surface area contributed by atoms with E-state index < -0.39 is 11.7 Å². The first-order valence-corrected chi connectivity index (χ1v) is 10.6. The largest absolute Gasteiger partial charge is 0.494 e. The Morgan fingerprint density at radius 3 is 2.64 bits per heavy atom. The highest BCUT2D eigenvalue weighted by Crippen LogP contribution is 2.31. The molecule has 1 aliphatic rings. The van der Waals surface area contributed by atoms with Gasteiger partial charge in [-0.15, -0.1) is 0 Å². The summed E-state index contributed by atoms with van der Waals surface area (Å²) in [6.45, 7) is 3.87. The fourth-order valence-electron chi connectivity index (χ4n) is 3.26.